The summed E-state index contributed by atoms with van der Waals surface area (Å²) in [5.41, 5.74) is -0.0902. The fraction of sp³-hybridized carbons (Fsp3) is 0.387. The Kier molecular flexibility index (Phi) is 10.1. The van der Waals surface area contributed by atoms with E-state index in [9.17, 15) is 24.6 Å². The molecule has 2 atom stereocenters. The van der Waals surface area contributed by atoms with Gasteiger partial charge in [-0.25, -0.2) is 4.79 Å². The van der Waals surface area contributed by atoms with E-state index in [1.807, 2.05) is 50.2 Å². The fourth-order valence-corrected chi connectivity index (χ4v) is 4.46. The number of phenolic OH excluding ortho intramolecular Hbond substituents is 1. The lowest BCUT2D eigenvalue weighted by molar-refractivity contribution is -0.141. The molecule has 2 unspecified atom stereocenters. The van der Waals surface area contributed by atoms with Crippen molar-refractivity contribution in [2.45, 2.75) is 58.7 Å². The number of anilines is 1. The first kappa shape index (κ1) is 30.4. The number of carbonyl (C=O) groups excluding carboxylic acids is 3. The number of para-hydroxylation sites is 1. The summed E-state index contributed by atoms with van der Waals surface area (Å²) in [4.78, 5) is 41.7. The maximum absolute atomic E-state index is 14.0. The molecule has 0 aliphatic rings. The third kappa shape index (κ3) is 8.19. The summed E-state index contributed by atoms with van der Waals surface area (Å²) in [7, 11) is 0. The highest BCUT2D eigenvalue weighted by molar-refractivity contribution is 6.00. The number of aliphatic hydroxyl groups excluding tert-OH is 1. The average molecular weight is 550 g/mol. The number of nitrogens with one attached hydrogen (secondary N) is 2. The lowest BCUT2D eigenvalue weighted by Crippen LogP contribution is -2.53. The predicted molar refractivity (Wildman–Crippen MR) is 155 cm³/mol. The second-order valence-corrected chi connectivity index (χ2v) is 11.1. The van der Waals surface area contributed by atoms with Crippen LogP contribution in [0.5, 0.6) is 5.75 Å². The molecule has 3 rings (SSSR count). The van der Waals surface area contributed by atoms with Gasteiger partial charge in [-0.3, -0.25) is 9.59 Å². The maximum Gasteiger partial charge on any atom is 0.408 e. The highest BCUT2D eigenvalue weighted by Crippen LogP contribution is 2.31. The minimum atomic E-state index is -1.30. The van der Waals surface area contributed by atoms with Crippen LogP contribution in [0.3, 0.4) is 0 Å². The number of alkyl carbamates (subject to hydrolysis) is 1. The van der Waals surface area contributed by atoms with E-state index in [0.29, 0.717) is 5.69 Å². The Balaban J connectivity index is 2.01. The van der Waals surface area contributed by atoms with Gasteiger partial charge >= 0.3 is 6.09 Å². The number of rotatable bonds is 10. The lowest BCUT2D eigenvalue weighted by atomic mass is 9.98. The van der Waals surface area contributed by atoms with E-state index in [2.05, 4.69) is 10.6 Å². The zero-order valence-electron chi connectivity index (χ0n) is 23.7. The Hall–Kier alpha value is -4.11. The zero-order chi connectivity index (χ0) is 29.4. The van der Waals surface area contributed by atoms with Gasteiger partial charge in [-0.2, -0.15) is 0 Å². The molecule has 0 saturated carbocycles. The summed E-state index contributed by atoms with van der Waals surface area (Å²) in [5.74, 6) is -1.35. The number of carbonyl (C=O) groups is 3. The van der Waals surface area contributed by atoms with Crippen LogP contribution in [0.2, 0.25) is 0 Å². The van der Waals surface area contributed by atoms with Gasteiger partial charge in [0.15, 0.2) is 0 Å². The molecule has 0 aromatic heterocycles. The van der Waals surface area contributed by atoms with Gasteiger partial charge in [0.25, 0.3) is 5.91 Å². The Morgan fingerprint density at radius 3 is 2.23 bits per heavy atom. The van der Waals surface area contributed by atoms with Gasteiger partial charge in [0.1, 0.15) is 23.4 Å². The van der Waals surface area contributed by atoms with Gasteiger partial charge in [-0.1, -0.05) is 62.4 Å². The second-order valence-electron chi connectivity index (χ2n) is 11.1. The van der Waals surface area contributed by atoms with Crippen LogP contribution >= 0.6 is 0 Å². The summed E-state index contributed by atoms with van der Waals surface area (Å²) in [5, 5.41) is 28.1. The van der Waals surface area contributed by atoms with Gasteiger partial charge < -0.3 is 30.5 Å². The molecule has 3 amide bonds. The van der Waals surface area contributed by atoms with Crippen LogP contribution in [0.1, 0.15) is 52.6 Å². The number of fused-ring (bicyclic) bond motifs is 1. The third-order valence-corrected chi connectivity index (χ3v) is 6.13. The van der Waals surface area contributed by atoms with E-state index in [4.69, 9.17) is 4.74 Å². The SMILES string of the molecule is CC(C)CC(NC(=O)OC(C)(C)C)C(=O)N(CCO)C(C(=O)Nc1ccc2ccccc2c1)c1ccccc1O. The van der Waals surface area contributed by atoms with Gasteiger partial charge in [0, 0.05) is 17.8 Å². The number of benzene rings is 3. The number of hydrogen-bond donors (Lipinski definition) is 4. The molecule has 0 aliphatic carbocycles. The van der Waals surface area contributed by atoms with Crippen LogP contribution in [0.4, 0.5) is 10.5 Å². The van der Waals surface area contributed by atoms with Crippen molar-refractivity contribution in [1.29, 1.82) is 0 Å². The highest BCUT2D eigenvalue weighted by atomic mass is 16.6. The topological polar surface area (TPSA) is 128 Å². The van der Waals surface area contributed by atoms with Gasteiger partial charge in [0.05, 0.1) is 6.61 Å². The number of ether oxygens (including phenoxy) is 1. The molecule has 0 saturated heterocycles. The predicted octanol–water partition coefficient (Wildman–Crippen LogP) is 4.99. The van der Waals surface area contributed by atoms with Crippen molar-refractivity contribution < 1.29 is 29.3 Å². The third-order valence-electron chi connectivity index (χ3n) is 6.13. The maximum atomic E-state index is 14.0. The molecule has 214 valence electrons. The number of aliphatic hydroxyl groups is 1. The average Bonchev–Trinajstić information content (AvgIpc) is 2.87. The molecular weight excluding hydrogens is 510 g/mol. The minimum absolute atomic E-state index is 0.00914. The number of nitrogens with zero attached hydrogens (tertiary/aromatic N) is 1. The van der Waals surface area contributed by atoms with E-state index in [0.717, 1.165) is 10.8 Å². The van der Waals surface area contributed by atoms with Crippen molar-refractivity contribution in [3.63, 3.8) is 0 Å². The van der Waals surface area contributed by atoms with Crippen molar-refractivity contribution >= 4 is 34.4 Å². The number of hydrogen-bond acceptors (Lipinski definition) is 6. The van der Waals surface area contributed by atoms with Crippen LogP contribution < -0.4 is 10.6 Å². The standard InChI is InChI=1S/C31H39N3O6/c1-20(2)18-25(33-30(39)40-31(3,4)5)29(38)34(16-17-35)27(24-12-8-9-13-26(24)36)28(37)32-23-15-14-21-10-6-7-11-22(21)19-23/h6-15,19-20,25,27,35-36H,16-18H2,1-5H3,(H,32,37)(H,33,39). The molecule has 3 aromatic rings. The molecule has 9 heteroatoms. The smallest absolute Gasteiger partial charge is 0.408 e. The van der Waals surface area contributed by atoms with Crippen molar-refractivity contribution in [2.24, 2.45) is 5.92 Å². The van der Waals surface area contributed by atoms with Crippen molar-refractivity contribution in [2.75, 3.05) is 18.5 Å². The molecule has 40 heavy (non-hydrogen) atoms. The van der Waals surface area contributed by atoms with Crippen LogP contribution in [-0.4, -0.2) is 57.8 Å². The first-order chi connectivity index (χ1) is 18.9. The Morgan fingerprint density at radius 1 is 0.950 bits per heavy atom. The normalized spacial score (nSPS) is 13.0. The van der Waals surface area contributed by atoms with Crippen molar-refractivity contribution in [3.05, 3.63) is 72.3 Å². The van der Waals surface area contributed by atoms with Crippen LogP contribution in [-0.2, 0) is 14.3 Å². The van der Waals surface area contributed by atoms with Crippen LogP contribution in [0, 0.1) is 5.92 Å². The second kappa shape index (κ2) is 13.3. The summed E-state index contributed by atoms with van der Waals surface area (Å²) >= 11 is 0. The molecule has 9 nitrogen and oxygen atoms in total. The quantitative estimate of drug-likeness (QED) is 0.282. The first-order valence-corrected chi connectivity index (χ1v) is 13.4. The number of amides is 3. The van der Waals surface area contributed by atoms with Gasteiger partial charge in [0.2, 0.25) is 5.91 Å². The molecule has 0 fully saturated rings. The van der Waals surface area contributed by atoms with E-state index in [1.54, 1.807) is 45.0 Å². The van der Waals surface area contributed by atoms with E-state index in [-0.39, 0.29) is 30.2 Å². The molecule has 0 spiro atoms. The fourth-order valence-electron chi connectivity index (χ4n) is 4.46. The van der Waals surface area contributed by atoms with Crippen molar-refractivity contribution in [3.8, 4) is 5.75 Å². The number of phenols is 1. The van der Waals surface area contributed by atoms with E-state index < -0.39 is 42.2 Å². The Morgan fingerprint density at radius 2 is 1.60 bits per heavy atom. The molecule has 0 heterocycles. The van der Waals surface area contributed by atoms with E-state index >= 15 is 0 Å². The highest BCUT2D eigenvalue weighted by Gasteiger charge is 2.37. The summed E-state index contributed by atoms with van der Waals surface area (Å²) in [6.45, 7) is 8.30. The lowest BCUT2D eigenvalue weighted by Gasteiger charge is -2.34. The van der Waals surface area contributed by atoms with Crippen LogP contribution in [0.15, 0.2) is 66.7 Å². The van der Waals surface area contributed by atoms with Gasteiger partial charge in [-0.05, 0) is 62.1 Å². The Labute approximate surface area is 235 Å². The molecule has 3 aromatic carbocycles. The summed E-state index contributed by atoms with van der Waals surface area (Å²) in [6.07, 6.45) is -0.505. The van der Waals surface area contributed by atoms with Crippen molar-refractivity contribution in [1.82, 2.24) is 10.2 Å². The van der Waals surface area contributed by atoms with Gasteiger partial charge in [-0.15, -0.1) is 0 Å². The monoisotopic (exact) mass is 549 g/mol. The molecule has 0 aliphatic heterocycles. The summed E-state index contributed by atoms with van der Waals surface area (Å²) < 4.78 is 5.38. The molecular formula is C31H39N3O6. The van der Waals surface area contributed by atoms with E-state index in [1.165, 1.54) is 11.0 Å². The Bertz CT molecular complexity index is 1330. The molecule has 0 radical (unpaired) electrons. The molecule has 4 N–H and O–H groups in total. The minimum Gasteiger partial charge on any atom is -0.508 e. The summed E-state index contributed by atoms with van der Waals surface area (Å²) in [6, 6.07) is 17.0. The first-order valence-electron chi connectivity index (χ1n) is 13.4. The van der Waals surface area contributed by atoms with Crippen LogP contribution in [0.25, 0.3) is 10.8 Å². The zero-order valence-corrected chi connectivity index (χ0v) is 23.7. The number of aromatic hydroxyl groups is 1. The molecule has 0 bridgehead atoms. The largest absolute Gasteiger partial charge is 0.508 e.